The Hall–Kier alpha value is -2.27. The SMILES string of the molecule is Fc1ccc2c(c1)[C@@]1(COc3ccc4c(c3)OCO4)CNC[C@@H]21. The van der Waals surface area contributed by atoms with Gasteiger partial charge in [-0.25, -0.2) is 4.39 Å². The molecule has 1 fully saturated rings. The molecule has 2 aliphatic heterocycles. The summed E-state index contributed by atoms with van der Waals surface area (Å²) in [6.45, 7) is 2.52. The van der Waals surface area contributed by atoms with Gasteiger partial charge >= 0.3 is 0 Å². The maximum Gasteiger partial charge on any atom is 0.231 e. The van der Waals surface area contributed by atoms with Gasteiger partial charge in [-0.05, 0) is 35.4 Å². The monoisotopic (exact) mass is 313 g/mol. The van der Waals surface area contributed by atoms with Gasteiger partial charge in [0.15, 0.2) is 11.5 Å². The van der Waals surface area contributed by atoms with Crippen molar-refractivity contribution in [1.82, 2.24) is 5.32 Å². The fourth-order valence-electron chi connectivity index (χ4n) is 4.04. The first-order chi connectivity index (χ1) is 11.3. The van der Waals surface area contributed by atoms with Gasteiger partial charge in [0.2, 0.25) is 6.79 Å². The maximum atomic E-state index is 13.6. The summed E-state index contributed by atoms with van der Waals surface area (Å²) in [6, 6.07) is 10.7. The van der Waals surface area contributed by atoms with Crippen molar-refractivity contribution in [2.45, 2.75) is 11.3 Å². The molecule has 0 radical (unpaired) electrons. The number of nitrogens with one attached hydrogen (secondary N) is 1. The van der Waals surface area contributed by atoms with Crippen LogP contribution in [0.4, 0.5) is 4.39 Å². The number of halogens is 1. The molecule has 0 saturated carbocycles. The summed E-state index contributed by atoms with van der Waals surface area (Å²) >= 11 is 0. The molecule has 0 unspecified atom stereocenters. The van der Waals surface area contributed by atoms with E-state index < -0.39 is 0 Å². The molecule has 0 bridgehead atoms. The fourth-order valence-corrected chi connectivity index (χ4v) is 4.04. The van der Waals surface area contributed by atoms with E-state index >= 15 is 0 Å². The van der Waals surface area contributed by atoms with Crippen LogP contribution in [0.3, 0.4) is 0 Å². The van der Waals surface area contributed by atoms with E-state index in [1.807, 2.05) is 24.3 Å². The van der Waals surface area contributed by atoms with Crippen LogP contribution in [0, 0.1) is 5.82 Å². The Morgan fingerprint density at radius 1 is 1.17 bits per heavy atom. The van der Waals surface area contributed by atoms with E-state index in [2.05, 4.69) is 5.32 Å². The van der Waals surface area contributed by atoms with Gasteiger partial charge in [-0.1, -0.05) is 6.07 Å². The van der Waals surface area contributed by atoms with E-state index in [4.69, 9.17) is 14.2 Å². The topological polar surface area (TPSA) is 39.7 Å². The van der Waals surface area contributed by atoms with E-state index in [1.165, 1.54) is 5.56 Å². The molecule has 2 aromatic rings. The van der Waals surface area contributed by atoms with E-state index in [9.17, 15) is 4.39 Å². The lowest BCUT2D eigenvalue weighted by Crippen LogP contribution is -2.48. The third-order valence-electron chi connectivity index (χ3n) is 5.22. The smallest absolute Gasteiger partial charge is 0.231 e. The highest BCUT2D eigenvalue weighted by Gasteiger charge is 2.55. The summed E-state index contributed by atoms with van der Waals surface area (Å²) in [7, 11) is 0. The number of benzene rings is 2. The highest BCUT2D eigenvalue weighted by Crippen LogP contribution is 2.54. The lowest BCUT2D eigenvalue weighted by molar-refractivity contribution is 0.173. The highest BCUT2D eigenvalue weighted by molar-refractivity contribution is 5.53. The summed E-state index contributed by atoms with van der Waals surface area (Å²) in [4.78, 5) is 0. The molecule has 0 amide bonds. The molecular formula is C18H16FNO3. The predicted octanol–water partition coefficient (Wildman–Crippen LogP) is 2.57. The van der Waals surface area contributed by atoms with Gasteiger partial charge < -0.3 is 19.5 Å². The van der Waals surface area contributed by atoms with Crippen LogP contribution in [0.5, 0.6) is 17.2 Å². The van der Waals surface area contributed by atoms with Crippen LogP contribution in [0.15, 0.2) is 36.4 Å². The third-order valence-corrected chi connectivity index (χ3v) is 5.22. The van der Waals surface area contributed by atoms with E-state index in [1.54, 1.807) is 12.1 Å². The second kappa shape index (κ2) is 4.61. The van der Waals surface area contributed by atoms with Crippen molar-refractivity contribution in [3.63, 3.8) is 0 Å². The molecule has 4 nitrogen and oxygen atoms in total. The molecule has 0 aromatic heterocycles. The summed E-state index contributed by atoms with van der Waals surface area (Å²) < 4.78 is 30.4. The van der Waals surface area contributed by atoms with E-state index in [0.717, 1.165) is 30.2 Å². The van der Waals surface area contributed by atoms with Crippen molar-refractivity contribution in [1.29, 1.82) is 0 Å². The molecule has 1 N–H and O–H groups in total. The molecule has 1 aliphatic carbocycles. The Morgan fingerprint density at radius 2 is 2.09 bits per heavy atom. The second-order valence-corrected chi connectivity index (χ2v) is 6.37. The maximum absolute atomic E-state index is 13.6. The van der Waals surface area contributed by atoms with Gasteiger partial charge in [0.05, 0.1) is 12.0 Å². The Kier molecular flexibility index (Phi) is 2.65. The van der Waals surface area contributed by atoms with Crippen LogP contribution < -0.4 is 19.5 Å². The minimum atomic E-state index is -0.184. The third kappa shape index (κ3) is 1.80. The average molecular weight is 313 g/mol. The van der Waals surface area contributed by atoms with Crippen LogP contribution in [-0.4, -0.2) is 26.5 Å². The quantitative estimate of drug-likeness (QED) is 0.945. The van der Waals surface area contributed by atoms with Crippen molar-refractivity contribution in [3.8, 4) is 17.2 Å². The first-order valence-corrected chi connectivity index (χ1v) is 7.79. The van der Waals surface area contributed by atoms with Crippen molar-refractivity contribution in [2.75, 3.05) is 26.5 Å². The van der Waals surface area contributed by atoms with Crippen molar-refractivity contribution in [3.05, 3.63) is 53.3 Å². The standard InChI is InChI=1S/C18H16FNO3/c19-11-1-3-13-14(5-11)18(8-20-7-15(13)18)9-21-12-2-4-16-17(6-12)23-10-22-16/h1-6,15,20H,7-10H2/t15-,18-/m0/s1. The zero-order valence-electron chi connectivity index (χ0n) is 12.5. The largest absolute Gasteiger partial charge is 0.492 e. The minimum absolute atomic E-state index is 0.131. The Balaban J connectivity index is 1.41. The zero-order valence-corrected chi connectivity index (χ0v) is 12.5. The number of ether oxygens (including phenoxy) is 3. The minimum Gasteiger partial charge on any atom is -0.492 e. The van der Waals surface area contributed by atoms with Gasteiger partial charge in [0, 0.05) is 25.1 Å². The Morgan fingerprint density at radius 3 is 3.04 bits per heavy atom. The van der Waals surface area contributed by atoms with Gasteiger partial charge in [-0.2, -0.15) is 0 Å². The van der Waals surface area contributed by atoms with Crippen LogP contribution in [-0.2, 0) is 5.41 Å². The first kappa shape index (κ1) is 13.2. The van der Waals surface area contributed by atoms with Gasteiger partial charge in [0.1, 0.15) is 11.6 Å². The molecule has 23 heavy (non-hydrogen) atoms. The molecule has 1 saturated heterocycles. The average Bonchev–Trinajstić information content (AvgIpc) is 3.16. The molecule has 2 heterocycles. The summed E-state index contributed by atoms with van der Waals surface area (Å²) in [5.74, 6) is 2.41. The van der Waals surface area contributed by atoms with Crippen LogP contribution in [0.25, 0.3) is 0 Å². The van der Waals surface area contributed by atoms with Crippen molar-refractivity contribution >= 4 is 0 Å². The fraction of sp³-hybridized carbons (Fsp3) is 0.333. The summed E-state index contributed by atoms with van der Waals surface area (Å²) in [5, 5.41) is 3.42. The van der Waals surface area contributed by atoms with E-state index in [0.29, 0.717) is 18.3 Å². The number of fused-ring (bicyclic) bond motifs is 5. The second-order valence-electron chi connectivity index (χ2n) is 6.37. The Bertz CT molecular complexity index is 794. The van der Waals surface area contributed by atoms with Crippen molar-refractivity contribution < 1.29 is 18.6 Å². The number of hydrogen-bond acceptors (Lipinski definition) is 4. The zero-order chi connectivity index (χ0) is 15.4. The molecule has 0 spiro atoms. The first-order valence-electron chi connectivity index (χ1n) is 7.79. The van der Waals surface area contributed by atoms with E-state index in [-0.39, 0.29) is 18.0 Å². The number of hydrogen-bond donors (Lipinski definition) is 1. The van der Waals surface area contributed by atoms with Gasteiger partial charge in [-0.3, -0.25) is 0 Å². The lowest BCUT2D eigenvalue weighted by atomic mass is 9.58. The van der Waals surface area contributed by atoms with Crippen LogP contribution >= 0.6 is 0 Å². The predicted molar refractivity (Wildman–Crippen MR) is 81.7 cm³/mol. The molecule has 5 rings (SSSR count). The molecule has 5 heteroatoms. The molecule has 118 valence electrons. The molecule has 2 aromatic carbocycles. The Labute approximate surface area is 133 Å². The normalized spacial score (nSPS) is 26.4. The summed E-state index contributed by atoms with van der Waals surface area (Å²) in [5.41, 5.74) is 2.19. The number of rotatable bonds is 3. The highest BCUT2D eigenvalue weighted by atomic mass is 19.1. The van der Waals surface area contributed by atoms with Gasteiger partial charge in [0.25, 0.3) is 0 Å². The molecule has 2 atom stereocenters. The van der Waals surface area contributed by atoms with Crippen LogP contribution in [0.1, 0.15) is 17.0 Å². The van der Waals surface area contributed by atoms with Crippen LogP contribution in [0.2, 0.25) is 0 Å². The van der Waals surface area contributed by atoms with Gasteiger partial charge in [-0.15, -0.1) is 0 Å². The van der Waals surface area contributed by atoms with Crippen molar-refractivity contribution in [2.24, 2.45) is 0 Å². The molecular weight excluding hydrogens is 297 g/mol. The summed E-state index contributed by atoms with van der Waals surface area (Å²) in [6.07, 6.45) is 0. The lowest BCUT2D eigenvalue weighted by Gasteiger charge is -2.46. The molecule has 3 aliphatic rings.